The molecule has 186 valence electrons. The van der Waals surface area contributed by atoms with Crippen LogP contribution in [0.15, 0.2) is 42.5 Å². The van der Waals surface area contributed by atoms with Crippen LogP contribution in [0, 0.1) is 20.8 Å². The average Bonchev–Trinajstić information content (AvgIpc) is 2.69. The van der Waals surface area contributed by atoms with Gasteiger partial charge >= 0.3 is 0 Å². The average molecular weight is 488 g/mol. The lowest BCUT2D eigenvalue weighted by molar-refractivity contribution is -0.140. The second-order valence-corrected chi connectivity index (χ2v) is 11.8. The van der Waals surface area contributed by atoms with Crippen LogP contribution in [-0.4, -0.2) is 49.5 Å². The van der Waals surface area contributed by atoms with E-state index in [4.69, 9.17) is 0 Å². The minimum atomic E-state index is -3.76. The van der Waals surface area contributed by atoms with Crippen LogP contribution in [0.5, 0.6) is 0 Å². The Morgan fingerprint density at radius 1 is 0.941 bits per heavy atom. The molecule has 0 bridgehead atoms. The molecule has 7 nitrogen and oxygen atoms in total. The van der Waals surface area contributed by atoms with Crippen molar-refractivity contribution in [2.45, 2.75) is 66.6 Å². The van der Waals surface area contributed by atoms with Gasteiger partial charge in [-0.1, -0.05) is 42.5 Å². The highest BCUT2D eigenvalue weighted by Crippen LogP contribution is 2.27. The van der Waals surface area contributed by atoms with E-state index >= 15 is 0 Å². The highest BCUT2D eigenvalue weighted by molar-refractivity contribution is 7.92. The Balaban J connectivity index is 2.48. The molecule has 0 radical (unpaired) electrons. The Morgan fingerprint density at radius 3 is 1.97 bits per heavy atom. The van der Waals surface area contributed by atoms with Gasteiger partial charge in [-0.05, 0) is 70.7 Å². The van der Waals surface area contributed by atoms with E-state index in [9.17, 15) is 18.0 Å². The van der Waals surface area contributed by atoms with Gasteiger partial charge in [0.2, 0.25) is 21.8 Å². The number of carbonyl (C=O) groups is 2. The van der Waals surface area contributed by atoms with Crippen LogP contribution in [0.4, 0.5) is 5.69 Å². The molecular weight excluding hydrogens is 450 g/mol. The number of amides is 2. The van der Waals surface area contributed by atoms with Crippen LogP contribution in [0.25, 0.3) is 0 Å². The first kappa shape index (κ1) is 27.4. The lowest BCUT2D eigenvalue weighted by atomic mass is 10.1. The van der Waals surface area contributed by atoms with E-state index in [2.05, 4.69) is 5.32 Å². The summed E-state index contributed by atoms with van der Waals surface area (Å²) in [5, 5.41) is 2.92. The highest BCUT2D eigenvalue weighted by Gasteiger charge is 2.32. The highest BCUT2D eigenvalue weighted by atomic mass is 32.2. The third-order valence-electron chi connectivity index (χ3n) is 5.64. The molecule has 0 heterocycles. The topological polar surface area (TPSA) is 86.8 Å². The van der Waals surface area contributed by atoms with Crippen molar-refractivity contribution in [3.63, 3.8) is 0 Å². The molecule has 0 unspecified atom stereocenters. The van der Waals surface area contributed by atoms with Gasteiger partial charge in [0.05, 0.1) is 11.9 Å². The van der Waals surface area contributed by atoms with Crippen LogP contribution >= 0.6 is 0 Å². The first-order chi connectivity index (χ1) is 15.6. The molecule has 0 spiro atoms. The molecule has 0 fully saturated rings. The smallest absolute Gasteiger partial charge is 0.244 e. The summed E-state index contributed by atoms with van der Waals surface area (Å²) in [5.74, 6) is -0.750. The summed E-state index contributed by atoms with van der Waals surface area (Å²) >= 11 is 0. The van der Waals surface area contributed by atoms with Gasteiger partial charge in [0.25, 0.3) is 0 Å². The quantitative estimate of drug-likeness (QED) is 0.615. The molecule has 2 rings (SSSR count). The fourth-order valence-electron chi connectivity index (χ4n) is 3.80. The van der Waals surface area contributed by atoms with Crippen molar-refractivity contribution in [2.75, 3.05) is 17.1 Å². The number of nitrogens with one attached hydrogen (secondary N) is 1. The largest absolute Gasteiger partial charge is 0.350 e. The molecule has 0 aliphatic rings. The van der Waals surface area contributed by atoms with Crippen molar-refractivity contribution < 1.29 is 18.0 Å². The van der Waals surface area contributed by atoms with Gasteiger partial charge in [-0.2, -0.15) is 0 Å². The maximum atomic E-state index is 13.7. The molecule has 34 heavy (non-hydrogen) atoms. The molecule has 8 heteroatoms. The van der Waals surface area contributed by atoms with Crippen LogP contribution in [0.3, 0.4) is 0 Å². The molecule has 0 aliphatic heterocycles. The molecule has 0 saturated carbocycles. The number of carbonyl (C=O) groups excluding carboxylic acids is 2. The monoisotopic (exact) mass is 487 g/mol. The van der Waals surface area contributed by atoms with Gasteiger partial charge in [0, 0.05) is 12.1 Å². The van der Waals surface area contributed by atoms with E-state index in [1.807, 2.05) is 84.0 Å². The zero-order chi connectivity index (χ0) is 25.8. The van der Waals surface area contributed by atoms with Crippen molar-refractivity contribution in [1.29, 1.82) is 0 Å². The molecule has 1 N–H and O–H groups in total. The van der Waals surface area contributed by atoms with Crippen LogP contribution in [0.1, 0.15) is 49.9 Å². The van der Waals surface area contributed by atoms with Crippen LogP contribution in [0.2, 0.25) is 0 Å². The summed E-state index contributed by atoms with van der Waals surface area (Å²) in [6.07, 6.45) is 1.09. The first-order valence-electron chi connectivity index (χ1n) is 11.3. The summed E-state index contributed by atoms with van der Waals surface area (Å²) in [6, 6.07) is 12.3. The zero-order valence-corrected chi connectivity index (χ0v) is 22.3. The minimum absolute atomic E-state index is 0.189. The van der Waals surface area contributed by atoms with Crippen molar-refractivity contribution in [3.05, 3.63) is 64.7 Å². The number of para-hydroxylation sites is 1. The van der Waals surface area contributed by atoms with Gasteiger partial charge < -0.3 is 10.2 Å². The second kappa shape index (κ2) is 10.6. The first-order valence-corrected chi connectivity index (χ1v) is 13.2. The van der Waals surface area contributed by atoms with Gasteiger partial charge in [-0.3, -0.25) is 13.9 Å². The lowest BCUT2D eigenvalue weighted by Gasteiger charge is -2.34. The molecule has 2 aromatic rings. The Morgan fingerprint density at radius 2 is 1.47 bits per heavy atom. The predicted molar refractivity (Wildman–Crippen MR) is 137 cm³/mol. The minimum Gasteiger partial charge on any atom is -0.350 e. The molecule has 2 aromatic carbocycles. The zero-order valence-electron chi connectivity index (χ0n) is 21.5. The number of benzene rings is 2. The Kier molecular flexibility index (Phi) is 8.53. The van der Waals surface area contributed by atoms with Crippen LogP contribution < -0.4 is 9.62 Å². The lowest BCUT2D eigenvalue weighted by Crippen LogP contribution is -2.54. The number of aryl methyl sites for hydroxylation is 3. The van der Waals surface area contributed by atoms with E-state index in [0.29, 0.717) is 5.69 Å². The number of nitrogens with zero attached hydrogens (tertiary/aromatic N) is 2. The molecular formula is C26H37N3O4S. The summed E-state index contributed by atoms with van der Waals surface area (Å²) in [6.45, 7) is 12.6. The fourth-order valence-corrected chi connectivity index (χ4v) is 4.77. The van der Waals surface area contributed by atoms with Crippen molar-refractivity contribution >= 4 is 27.5 Å². The van der Waals surface area contributed by atoms with Gasteiger partial charge in [0.1, 0.15) is 12.6 Å². The summed E-state index contributed by atoms with van der Waals surface area (Å²) in [5.41, 5.74) is 3.40. The van der Waals surface area contributed by atoms with Gasteiger partial charge in [-0.15, -0.1) is 0 Å². The predicted octanol–water partition coefficient (Wildman–Crippen LogP) is 3.71. The van der Waals surface area contributed by atoms with Crippen molar-refractivity contribution in [1.82, 2.24) is 10.2 Å². The number of rotatable bonds is 8. The van der Waals surface area contributed by atoms with Crippen LogP contribution in [-0.2, 0) is 26.2 Å². The van der Waals surface area contributed by atoms with Gasteiger partial charge in [0.15, 0.2) is 0 Å². The van der Waals surface area contributed by atoms with E-state index in [-0.39, 0.29) is 12.5 Å². The molecule has 0 aliphatic carbocycles. The van der Waals surface area contributed by atoms with E-state index < -0.39 is 34.1 Å². The normalized spacial score (nSPS) is 12.7. The number of hydrogen-bond acceptors (Lipinski definition) is 4. The number of sulfonamides is 1. The standard InChI is InChI=1S/C26H37N3O4S/c1-18-12-9-10-15-22(18)16-28(21(4)25(31)27-26(5,6)7)23(30)17-29(34(8,32)33)24-19(2)13-11-14-20(24)3/h9-15,21H,16-17H2,1-8H3,(H,27,31)/t21-/m0/s1. The molecule has 0 aromatic heterocycles. The number of hydrogen-bond donors (Lipinski definition) is 1. The molecule has 2 amide bonds. The SMILES string of the molecule is Cc1ccccc1CN(C(=O)CN(c1c(C)cccc1C)S(C)(=O)=O)[C@@H](C)C(=O)NC(C)(C)C. The van der Waals surface area contributed by atoms with E-state index in [0.717, 1.165) is 32.8 Å². The third kappa shape index (κ3) is 7.06. The van der Waals surface area contributed by atoms with E-state index in [1.165, 1.54) is 4.90 Å². The third-order valence-corrected chi connectivity index (χ3v) is 6.75. The molecule has 1 atom stereocenters. The maximum Gasteiger partial charge on any atom is 0.244 e. The fraction of sp³-hybridized carbons (Fsp3) is 0.462. The summed E-state index contributed by atoms with van der Waals surface area (Å²) < 4.78 is 26.7. The van der Waals surface area contributed by atoms with Crippen molar-refractivity contribution in [3.8, 4) is 0 Å². The Hall–Kier alpha value is -2.87. The van der Waals surface area contributed by atoms with Gasteiger partial charge in [-0.25, -0.2) is 8.42 Å². The van der Waals surface area contributed by atoms with Crippen molar-refractivity contribution in [2.24, 2.45) is 0 Å². The van der Waals surface area contributed by atoms with E-state index in [1.54, 1.807) is 6.92 Å². The Bertz CT molecular complexity index is 1130. The molecule has 0 saturated heterocycles. The Labute approximate surface area is 204 Å². The summed E-state index contributed by atoms with van der Waals surface area (Å²) in [7, 11) is -3.76. The second-order valence-electron chi connectivity index (χ2n) is 9.87. The maximum absolute atomic E-state index is 13.7. The number of anilines is 1. The summed E-state index contributed by atoms with van der Waals surface area (Å²) in [4.78, 5) is 28.1.